The number of rotatable bonds is 3. The topological polar surface area (TPSA) is 57.4 Å². The van der Waals surface area contributed by atoms with E-state index < -0.39 is 0 Å². The van der Waals surface area contributed by atoms with Gasteiger partial charge in [-0.1, -0.05) is 36.4 Å². The molecule has 3 aromatic heterocycles. The van der Waals surface area contributed by atoms with Gasteiger partial charge in [0.1, 0.15) is 11.5 Å². The first-order valence-corrected chi connectivity index (χ1v) is 10.0. The second-order valence-electron chi connectivity index (χ2n) is 7.53. The first-order valence-electron chi connectivity index (χ1n) is 10.0. The number of aromatic nitrogens is 4. The van der Waals surface area contributed by atoms with E-state index in [2.05, 4.69) is 44.4 Å². The molecular weight excluding hydrogens is 387 g/mol. The predicted molar refractivity (Wildman–Crippen MR) is 122 cm³/mol. The van der Waals surface area contributed by atoms with Crippen LogP contribution in [0.25, 0.3) is 55.4 Å². The standard InChI is InChI=1S/C26H17FN4/c27-19-9-6-16(7-10-19)20-4-1-5-23-21(20)14-25(29-23)26-22-13-17(8-11-24(22)30-31-26)18-3-2-12-28-15-18/h1-15,29H,(H,30,31). The van der Waals surface area contributed by atoms with Gasteiger partial charge >= 0.3 is 0 Å². The van der Waals surface area contributed by atoms with Crippen LogP contribution in [0.5, 0.6) is 0 Å². The van der Waals surface area contributed by atoms with Crippen molar-refractivity contribution < 1.29 is 4.39 Å². The van der Waals surface area contributed by atoms with Crippen molar-refractivity contribution in [2.45, 2.75) is 0 Å². The highest BCUT2D eigenvalue weighted by Crippen LogP contribution is 2.35. The minimum absolute atomic E-state index is 0.238. The Kier molecular flexibility index (Phi) is 3.93. The Morgan fingerprint density at radius 1 is 0.710 bits per heavy atom. The maximum atomic E-state index is 13.4. The summed E-state index contributed by atoms with van der Waals surface area (Å²) in [6, 6.07) is 25.0. The average molecular weight is 404 g/mol. The molecule has 0 fully saturated rings. The number of nitrogens with one attached hydrogen (secondary N) is 2. The van der Waals surface area contributed by atoms with Gasteiger partial charge in [-0.3, -0.25) is 10.1 Å². The van der Waals surface area contributed by atoms with Gasteiger partial charge in [0.15, 0.2) is 0 Å². The van der Waals surface area contributed by atoms with Crippen LogP contribution in [0.4, 0.5) is 4.39 Å². The summed E-state index contributed by atoms with van der Waals surface area (Å²) in [5.74, 6) is -0.238. The Hall–Kier alpha value is -4.25. The van der Waals surface area contributed by atoms with Crippen molar-refractivity contribution in [2.75, 3.05) is 0 Å². The smallest absolute Gasteiger partial charge is 0.123 e. The average Bonchev–Trinajstić information content (AvgIpc) is 3.43. The van der Waals surface area contributed by atoms with E-state index in [0.717, 1.165) is 55.4 Å². The molecule has 0 unspecified atom stereocenters. The molecule has 148 valence electrons. The molecule has 3 aromatic carbocycles. The van der Waals surface area contributed by atoms with Crippen molar-refractivity contribution in [1.29, 1.82) is 0 Å². The monoisotopic (exact) mass is 404 g/mol. The van der Waals surface area contributed by atoms with Crippen LogP contribution in [0.3, 0.4) is 0 Å². The highest BCUT2D eigenvalue weighted by Gasteiger charge is 2.14. The third-order valence-electron chi connectivity index (χ3n) is 5.63. The zero-order valence-corrected chi connectivity index (χ0v) is 16.4. The molecule has 4 nitrogen and oxygen atoms in total. The second-order valence-corrected chi connectivity index (χ2v) is 7.53. The number of hydrogen-bond acceptors (Lipinski definition) is 2. The van der Waals surface area contributed by atoms with Crippen LogP contribution in [-0.4, -0.2) is 20.2 Å². The van der Waals surface area contributed by atoms with E-state index in [1.165, 1.54) is 12.1 Å². The maximum absolute atomic E-state index is 13.4. The van der Waals surface area contributed by atoms with Gasteiger partial charge in [0.2, 0.25) is 0 Å². The summed E-state index contributed by atoms with van der Waals surface area (Å²) in [6.45, 7) is 0. The van der Waals surface area contributed by atoms with Crippen LogP contribution < -0.4 is 0 Å². The number of hydrogen-bond donors (Lipinski definition) is 2. The molecule has 0 bridgehead atoms. The largest absolute Gasteiger partial charge is 0.353 e. The lowest BCUT2D eigenvalue weighted by atomic mass is 10.0. The van der Waals surface area contributed by atoms with E-state index >= 15 is 0 Å². The van der Waals surface area contributed by atoms with Gasteiger partial charge in [-0.25, -0.2) is 4.39 Å². The first kappa shape index (κ1) is 17.6. The van der Waals surface area contributed by atoms with E-state index in [4.69, 9.17) is 0 Å². The van der Waals surface area contributed by atoms with E-state index in [1.54, 1.807) is 18.3 Å². The lowest BCUT2D eigenvalue weighted by Gasteiger charge is -2.03. The molecule has 0 amide bonds. The van der Waals surface area contributed by atoms with Gasteiger partial charge in [0, 0.05) is 34.2 Å². The summed E-state index contributed by atoms with van der Waals surface area (Å²) in [7, 11) is 0. The summed E-state index contributed by atoms with van der Waals surface area (Å²) >= 11 is 0. The van der Waals surface area contributed by atoms with Crippen LogP contribution in [0, 0.1) is 5.82 Å². The number of aromatic amines is 2. The van der Waals surface area contributed by atoms with Crippen molar-refractivity contribution >= 4 is 21.8 Å². The zero-order chi connectivity index (χ0) is 20.8. The fraction of sp³-hybridized carbons (Fsp3) is 0. The Labute approximate surface area is 177 Å². The quantitative estimate of drug-likeness (QED) is 0.350. The van der Waals surface area contributed by atoms with Crippen LogP contribution >= 0.6 is 0 Å². The first-order chi connectivity index (χ1) is 15.3. The molecule has 31 heavy (non-hydrogen) atoms. The molecule has 0 radical (unpaired) electrons. The normalized spacial score (nSPS) is 11.4. The highest BCUT2D eigenvalue weighted by atomic mass is 19.1. The lowest BCUT2D eigenvalue weighted by Crippen LogP contribution is -1.81. The molecular formula is C26H17FN4. The van der Waals surface area contributed by atoms with Gasteiger partial charge in [-0.05, 0) is 59.2 Å². The molecule has 2 N–H and O–H groups in total. The number of fused-ring (bicyclic) bond motifs is 2. The third-order valence-corrected chi connectivity index (χ3v) is 5.63. The van der Waals surface area contributed by atoms with Crippen molar-refractivity contribution in [3.05, 3.63) is 97.1 Å². The third kappa shape index (κ3) is 2.99. The fourth-order valence-corrected chi connectivity index (χ4v) is 4.10. The molecule has 5 heteroatoms. The molecule has 0 atom stereocenters. The molecule has 0 saturated heterocycles. The second kappa shape index (κ2) is 6.92. The Morgan fingerprint density at radius 3 is 2.42 bits per heavy atom. The number of benzene rings is 3. The Morgan fingerprint density at radius 2 is 1.58 bits per heavy atom. The fourth-order valence-electron chi connectivity index (χ4n) is 4.10. The number of H-pyrrole nitrogens is 2. The van der Waals surface area contributed by atoms with Gasteiger partial charge in [0.25, 0.3) is 0 Å². The maximum Gasteiger partial charge on any atom is 0.123 e. The summed E-state index contributed by atoms with van der Waals surface area (Å²) in [6.07, 6.45) is 3.63. The van der Waals surface area contributed by atoms with E-state index in [-0.39, 0.29) is 5.82 Å². The van der Waals surface area contributed by atoms with E-state index in [9.17, 15) is 4.39 Å². The van der Waals surface area contributed by atoms with Crippen molar-refractivity contribution in [1.82, 2.24) is 20.2 Å². The SMILES string of the molecule is Fc1ccc(-c2cccc3[nH]c(-c4n[nH]c5ccc(-c6cccnc6)cc45)cc23)cc1. The van der Waals surface area contributed by atoms with Crippen molar-refractivity contribution in [3.63, 3.8) is 0 Å². The summed E-state index contributed by atoms with van der Waals surface area (Å²) in [5.41, 5.74) is 7.95. The molecule has 3 heterocycles. The molecule has 0 spiro atoms. The zero-order valence-electron chi connectivity index (χ0n) is 16.4. The highest BCUT2D eigenvalue weighted by molar-refractivity contribution is 6.01. The minimum Gasteiger partial charge on any atom is -0.353 e. The number of halogens is 1. The van der Waals surface area contributed by atoms with Crippen molar-refractivity contribution in [2.24, 2.45) is 0 Å². The summed E-state index contributed by atoms with van der Waals surface area (Å²) < 4.78 is 13.4. The lowest BCUT2D eigenvalue weighted by molar-refractivity contribution is 0.628. The Bertz CT molecular complexity index is 1530. The summed E-state index contributed by atoms with van der Waals surface area (Å²) in [4.78, 5) is 7.73. The number of nitrogens with zero attached hydrogens (tertiary/aromatic N) is 2. The van der Waals surface area contributed by atoms with Gasteiger partial charge < -0.3 is 4.98 Å². The van der Waals surface area contributed by atoms with Crippen LogP contribution in [0.2, 0.25) is 0 Å². The molecule has 6 rings (SSSR count). The van der Waals surface area contributed by atoms with E-state index in [0.29, 0.717) is 0 Å². The predicted octanol–water partition coefficient (Wildman–Crippen LogP) is 6.58. The summed E-state index contributed by atoms with van der Waals surface area (Å²) in [5, 5.41) is 9.83. The van der Waals surface area contributed by atoms with E-state index in [1.807, 2.05) is 36.5 Å². The minimum atomic E-state index is -0.238. The molecule has 0 aliphatic rings. The molecule has 0 aliphatic carbocycles. The van der Waals surface area contributed by atoms with Gasteiger partial charge in [-0.15, -0.1) is 0 Å². The van der Waals surface area contributed by atoms with Crippen LogP contribution in [0.15, 0.2) is 91.3 Å². The van der Waals surface area contributed by atoms with Crippen LogP contribution in [-0.2, 0) is 0 Å². The van der Waals surface area contributed by atoms with Crippen molar-refractivity contribution in [3.8, 4) is 33.6 Å². The van der Waals surface area contributed by atoms with Crippen LogP contribution in [0.1, 0.15) is 0 Å². The van der Waals surface area contributed by atoms with Gasteiger partial charge in [-0.2, -0.15) is 5.10 Å². The number of pyridine rings is 1. The Balaban J connectivity index is 1.51. The van der Waals surface area contributed by atoms with Gasteiger partial charge in [0.05, 0.1) is 11.2 Å². The molecule has 6 aromatic rings. The molecule has 0 saturated carbocycles. The molecule has 0 aliphatic heterocycles.